The molecule has 0 aromatic rings. The molecule has 0 N–H and O–H groups in total. The van der Waals surface area contributed by atoms with Gasteiger partial charge in [-0.05, 0) is 0 Å². The lowest BCUT2D eigenvalue weighted by Gasteiger charge is -2.24. The first-order valence-corrected chi connectivity index (χ1v) is 7.21. The molecule has 0 aromatic heterocycles. The summed E-state index contributed by atoms with van der Waals surface area (Å²) in [6, 6.07) is 0. The summed E-state index contributed by atoms with van der Waals surface area (Å²) >= 11 is 0. The van der Waals surface area contributed by atoms with Gasteiger partial charge in [-0.15, -0.1) is 0 Å². The van der Waals surface area contributed by atoms with Crippen LogP contribution in [0.25, 0.3) is 0 Å². The van der Waals surface area contributed by atoms with Gasteiger partial charge in [0.15, 0.2) is 0 Å². The van der Waals surface area contributed by atoms with Crippen molar-refractivity contribution in [1.29, 1.82) is 0 Å². The average molecular weight is 208 g/mol. The molecule has 0 radical (unpaired) electrons. The molecule has 0 nitrogen and oxygen atoms in total. The van der Waals surface area contributed by atoms with E-state index in [9.17, 15) is 0 Å². The average Bonchev–Trinajstić information content (AvgIpc) is 2.20. The van der Waals surface area contributed by atoms with Crippen LogP contribution in [-0.2, 0) is 0 Å². The molecule has 0 aromatic carbocycles. The smallest absolute Gasteiger partial charge is 0.0669 e. The first kappa shape index (κ1) is 13.1. The van der Waals surface area contributed by atoms with Crippen LogP contribution in [-0.4, -0.2) is 7.85 Å². The van der Waals surface area contributed by atoms with Gasteiger partial charge in [-0.1, -0.05) is 89.3 Å². The maximum Gasteiger partial charge on any atom is 0.109 e. The molecule has 0 unspecified atom stereocenters. The molecule has 1 aliphatic rings. The van der Waals surface area contributed by atoms with E-state index in [2.05, 4.69) is 14.8 Å². The summed E-state index contributed by atoms with van der Waals surface area (Å²) in [7, 11) is 2.46. The third-order valence-corrected chi connectivity index (χ3v) is 3.96. The standard InChI is InChI=1S/C14H29B/c1-14(15)12-10-8-6-4-2-3-5-7-9-11-13-14/h2-13,15H2,1H3. The Hall–Kier alpha value is 0.0649. The van der Waals surface area contributed by atoms with Crippen molar-refractivity contribution in [3.05, 3.63) is 0 Å². The minimum atomic E-state index is 0.619. The fourth-order valence-corrected chi connectivity index (χ4v) is 2.75. The van der Waals surface area contributed by atoms with E-state index in [1.807, 2.05) is 0 Å². The van der Waals surface area contributed by atoms with Crippen molar-refractivity contribution < 1.29 is 0 Å². The number of hydrogen-bond acceptors (Lipinski definition) is 0. The first-order valence-electron chi connectivity index (χ1n) is 7.21. The minimum absolute atomic E-state index is 0.619. The van der Waals surface area contributed by atoms with Crippen molar-refractivity contribution in [3.63, 3.8) is 0 Å². The summed E-state index contributed by atoms with van der Waals surface area (Å²) in [5.74, 6) is 0. The Bertz CT molecular complexity index is 135. The zero-order valence-electron chi connectivity index (χ0n) is 11.0. The lowest BCUT2D eigenvalue weighted by Crippen LogP contribution is -2.08. The van der Waals surface area contributed by atoms with E-state index in [0.717, 1.165) is 0 Å². The van der Waals surface area contributed by atoms with Gasteiger partial charge >= 0.3 is 0 Å². The number of rotatable bonds is 0. The van der Waals surface area contributed by atoms with Crippen molar-refractivity contribution in [2.24, 2.45) is 0 Å². The normalized spacial score (nSPS) is 25.9. The van der Waals surface area contributed by atoms with Gasteiger partial charge in [0, 0.05) is 0 Å². The van der Waals surface area contributed by atoms with Gasteiger partial charge < -0.3 is 0 Å². The van der Waals surface area contributed by atoms with Gasteiger partial charge in [0.25, 0.3) is 0 Å². The third-order valence-electron chi connectivity index (χ3n) is 3.96. The van der Waals surface area contributed by atoms with Gasteiger partial charge in [-0.3, -0.25) is 0 Å². The molecule has 1 heteroatoms. The van der Waals surface area contributed by atoms with Gasteiger partial charge in [0.2, 0.25) is 0 Å². The molecule has 0 saturated heterocycles. The van der Waals surface area contributed by atoms with E-state index >= 15 is 0 Å². The highest BCUT2D eigenvalue weighted by atomic mass is 14.2. The second-order valence-corrected chi connectivity index (χ2v) is 6.20. The van der Waals surface area contributed by atoms with Crippen LogP contribution in [0.4, 0.5) is 0 Å². The second kappa shape index (κ2) is 7.36. The molecule has 88 valence electrons. The maximum atomic E-state index is 2.46. The Morgan fingerprint density at radius 3 is 1.20 bits per heavy atom. The lowest BCUT2D eigenvalue weighted by molar-refractivity contribution is 0.458. The molecule has 1 fully saturated rings. The van der Waals surface area contributed by atoms with Crippen LogP contribution >= 0.6 is 0 Å². The van der Waals surface area contributed by atoms with Crippen LogP contribution in [0.2, 0.25) is 5.31 Å². The van der Waals surface area contributed by atoms with E-state index < -0.39 is 0 Å². The van der Waals surface area contributed by atoms with Gasteiger partial charge in [-0.2, -0.15) is 0 Å². The summed E-state index contributed by atoms with van der Waals surface area (Å²) in [5.41, 5.74) is 0. The molecule has 0 amide bonds. The Labute approximate surface area is 97.6 Å². The van der Waals surface area contributed by atoms with Crippen LogP contribution in [0.3, 0.4) is 0 Å². The highest BCUT2D eigenvalue weighted by molar-refractivity contribution is 6.14. The molecule has 0 aliphatic heterocycles. The predicted molar refractivity (Wildman–Crippen MR) is 72.3 cm³/mol. The highest BCUT2D eigenvalue weighted by Crippen LogP contribution is 2.34. The van der Waals surface area contributed by atoms with Gasteiger partial charge in [-0.25, -0.2) is 0 Å². The Morgan fingerprint density at radius 1 is 0.600 bits per heavy atom. The monoisotopic (exact) mass is 208 g/mol. The van der Waals surface area contributed by atoms with Crippen molar-refractivity contribution in [2.75, 3.05) is 0 Å². The fourth-order valence-electron chi connectivity index (χ4n) is 2.75. The first-order chi connectivity index (χ1) is 7.21. The van der Waals surface area contributed by atoms with Crippen molar-refractivity contribution in [3.8, 4) is 0 Å². The van der Waals surface area contributed by atoms with Crippen LogP contribution in [0.1, 0.15) is 84.0 Å². The quantitative estimate of drug-likeness (QED) is 0.514. The Kier molecular flexibility index (Phi) is 6.44. The van der Waals surface area contributed by atoms with E-state index in [-0.39, 0.29) is 0 Å². The largest absolute Gasteiger partial charge is 0.109 e. The number of hydrogen-bond donors (Lipinski definition) is 0. The third kappa shape index (κ3) is 7.03. The summed E-state index contributed by atoms with van der Waals surface area (Å²) in [4.78, 5) is 0. The molecule has 1 aliphatic carbocycles. The predicted octanol–water partition coefficient (Wildman–Crippen LogP) is 4.49. The molecular formula is C14H29B. The molecular weight excluding hydrogens is 179 g/mol. The maximum absolute atomic E-state index is 2.46. The summed E-state index contributed by atoms with van der Waals surface area (Å²) in [5, 5.41) is 0.619. The topological polar surface area (TPSA) is 0 Å². The Balaban J connectivity index is 2.24. The van der Waals surface area contributed by atoms with Crippen LogP contribution in [0.5, 0.6) is 0 Å². The van der Waals surface area contributed by atoms with Crippen molar-refractivity contribution >= 4 is 7.85 Å². The molecule has 0 heterocycles. The van der Waals surface area contributed by atoms with Crippen LogP contribution in [0, 0.1) is 0 Å². The second-order valence-electron chi connectivity index (χ2n) is 6.20. The van der Waals surface area contributed by atoms with Crippen molar-refractivity contribution in [1.82, 2.24) is 0 Å². The van der Waals surface area contributed by atoms with E-state index in [0.29, 0.717) is 5.31 Å². The fraction of sp³-hybridized carbons (Fsp3) is 1.00. The van der Waals surface area contributed by atoms with Crippen LogP contribution < -0.4 is 0 Å². The molecule has 0 atom stereocenters. The summed E-state index contributed by atoms with van der Waals surface area (Å²) in [6.45, 7) is 2.46. The van der Waals surface area contributed by atoms with E-state index in [1.165, 1.54) is 77.0 Å². The molecule has 1 rings (SSSR count). The highest BCUT2D eigenvalue weighted by Gasteiger charge is 2.16. The Morgan fingerprint density at radius 2 is 0.867 bits per heavy atom. The van der Waals surface area contributed by atoms with E-state index in [1.54, 1.807) is 0 Å². The molecule has 0 bridgehead atoms. The summed E-state index contributed by atoms with van der Waals surface area (Å²) < 4.78 is 0. The SMILES string of the molecule is BC1(C)CCCCCCCCCCCC1. The molecule has 1 saturated carbocycles. The van der Waals surface area contributed by atoms with Crippen LogP contribution in [0.15, 0.2) is 0 Å². The van der Waals surface area contributed by atoms with E-state index in [4.69, 9.17) is 0 Å². The zero-order valence-corrected chi connectivity index (χ0v) is 11.0. The zero-order chi connectivity index (χ0) is 11.0. The molecule has 15 heavy (non-hydrogen) atoms. The minimum Gasteiger partial charge on any atom is -0.0669 e. The van der Waals surface area contributed by atoms with Crippen molar-refractivity contribution in [2.45, 2.75) is 89.3 Å². The lowest BCUT2D eigenvalue weighted by atomic mass is 9.64. The van der Waals surface area contributed by atoms with Gasteiger partial charge in [0.05, 0.1) is 0 Å². The van der Waals surface area contributed by atoms with Gasteiger partial charge in [0.1, 0.15) is 7.85 Å². The molecule has 0 spiro atoms. The summed E-state index contributed by atoms with van der Waals surface area (Å²) in [6.07, 6.45) is 17.7.